The van der Waals surface area contributed by atoms with Crippen molar-refractivity contribution in [2.24, 2.45) is 0 Å². The first-order valence-corrected chi connectivity index (χ1v) is 10.4. The zero-order valence-corrected chi connectivity index (χ0v) is 17.5. The summed E-state index contributed by atoms with van der Waals surface area (Å²) in [4.78, 5) is 13.0. The SMILES string of the molecule is COCCOCOc1ccc2c(c1)-c1c(c(C(=O)O)nn1-c1ccccc1)C(C)S2. The predicted molar refractivity (Wildman–Crippen MR) is 114 cm³/mol. The molecule has 0 aliphatic carbocycles. The van der Waals surface area contributed by atoms with Crippen LogP contribution in [0.1, 0.15) is 28.2 Å². The summed E-state index contributed by atoms with van der Waals surface area (Å²) in [7, 11) is 1.62. The number of aromatic carboxylic acids is 1. The highest BCUT2D eigenvalue weighted by atomic mass is 32.2. The first kappa shape index (κ1) is 20.5. The van der Waals surface area contributed by atoms with Gasteiger partial charge in [0.25, 0.3) is 0 Å². The number of para-hydroxylation sites is 1. The van der Waals surface area contributed by atoms with E-state index < -0.39 is 5.97 Å². The van der Waals surface area contributed by atoms with E-state index in [1.54, 1.807) is 23.6 Å². The van der Waals surface area contributed by atoms with Crippen molar-refractivity contribution >= 4 is 17.7 Å². The fraction of sp³-hybridized carbons (Fsp3) is 0.273. The van der Waals surface area contributed by atoms with Crippen LogP contribution in [0.5, 0.6) is 5.75 Å². The summed E-state index contributed by atoms with van der Waals surface area (Å²) < 4.78 is 17.8. The number of hydrogen-bond acceptors (Lipinski definition) is 6. The molecule has 8 heteroatoms. The van der Waals surface area contributed by atoms with Crippen molar-refractivity contribution in [3.05, 3.63) is 59.8 Å². The van der Waals surface area contributed by atoms with Crippen LogP contribution in [0.4, 0.5) is 0 Å². The third-order valence-electron chi connectivity index (χ3n) is 4.78. The number of thioether (sulfide) groups is 1. The molecule has 156 valence electrons. The van der Waals surface area contributed by atoms with Gasteiger partial charge in [-0.05, 0) is 37.3 Å². The van der Waals surface area contributed by atoms with Gasteiger partial charge in [-0.15, -0.1) is 11.8 Å². The second-order valence-corrected chi connectivity index (χ2v) is 8.13. The van der Waals surface area contributed by atoms with Gasteiger partial charge >= 0.3 is 5.97 Å². The largest absolute Gasteiger partial charge is 0.476 e. The minimum Gasteiger partial charge on any atom is -0.476 e. The number of aromatic nitrogens is 2. The summed E-state index contributed by atoms with van der Waals surface area (Å²) in [6, 6.07) is 15.4. The molecule has 0 bridgehead atoms. The average molecular weight is 426 g/mol. The molecule has 7 nitrogen and oxygen atoms in total. The molecule has 0 saturated heterocycles. The van der Waals surface area contributed by atoms with Gasteiger partial charge in [0.1, 0.15) is 5.75 Å². The van der Waals surface area contributed by atoms with E-state index in [4.69, 9.17) is 14.2 Å². The van der Waals surface area contributed by atoms with E-state index in [2.05, 4.69) is 5.10 Å². The molecule has 30 heavy (non-hydrogen) atoms. The lowest BCUT2D eigenvalue weighted by atomic mass is 10.0. The molecule has 0 radical (unpaired) electrons. The average Bonchev–Trinajstić information content (AvgIpc) is 3.17. The number of rotatable bonds is 8. The Hall–Kier alpha value is -2.81. The van der Waals surface area contributed by atoms with Crippen LogP contribution in [0.25, 0.3) is 16.9 Å². The second-order valence-electron chi connectivity index (χ2n) is 6.74. The number of benzene rings is 2. The number of fused-ring (bicyclic) bond motifs is 3. The number of carboxylic acid groups (broad SMARTS) is 1. The molecular formula is C22H22N2O5S. The van der Waals surface area contributed by atoms with Crippen LogP contribution in [0.2, 0.25) is 0 Å². The number of methoxy groups -OCH3 is 1. The van der Waals surface area contributed by atoms with Gasteiger partial charge in [-0.25, -0.2) is 9.48 Å². The van der Waals surface area contributed by atoms with Crippen LogP contribution in [-0.2, 0) is 9.47 Å². The van der Waals surface area contributed by atoms with E-state index in [1.807, 2.05) is 55.5 Å². The smallest absolute Gasteiger partial charge is 0.356 e. The fourth-order valence-electron chi connectivity index (χ4n) is 3.44. The standard InChI is InChI=1S/C22H22N2O5S/c1-14-19-20(22(25)26)23-24(15-6-4-3-5-7-15)21(19)17-12-16(8-9-18(17)30-14)29-13-28-11-10-27-2/h3-9,12,14H,10-11,13H2,1-2H3,(H,25,26). The zero-order chi connectivity index (χ0) is 21.1. The highest BCUT2D eigenvalue weighted by Crippen LogP contribution is 2.51. The molecule has 0 saturated carbocycles. The molecular weight excluding hydrogens is 404 g/mol. The Labute approximate surface area is 178 Å². The van der Waals surface area contributed by atoms with Gasteiger partial charge in [0.2, 0.25) is 0 Å². The Bertz CT molecular complexity index is 1050. The molecule has 1 aliphatic rings. The van der Waals surface area contributed by atoms with Crippen LogP contribution in [0, 0.1) is 0 Å². The Morgan fingerprint density at radius 2 is 2.00 bits per heavy atom. The van der Waals surface area contributed by atoms with Crippen molar-refractivity contribution in [2.45, 2.75) is 17.1 Å². The quantitative estimate of drug-likeness (QED) is 0.422. The van der Waals surface area contributed by atoms with Crippen LogP contribution in [0.3, 0.4) is 0 Å². The van der Waals surface area contributed by atoms with Gasteiger partial charge in [-0.1, -0.05) is 18.2 Å². The minimum absolute atomic E-state index is 0.0415. The summed E-state index contributed by atoms with van der Waals surface area (Å²) in [5.41, 5.74) is 3.28. The van der Waals surface area contributed by atoms with Crippen molar-refractivity contribution in [2.75, 3.05) is 27.1 Å². The molecule has 1 atom stereocenters. The molecule has 0 fully saturated rings. The van der Waals surface area contributed by atoms with Gasteiger partial charge in [-0.2, -0.15) is 5.10 Å². The number of carboxylic acids is 1. The molecule has 1 N–H and O–H groups in total. The molecule has 2 heterocycles. The summed E-state index contributed by atoms with van der Waals surface area (Å²) in [6.07, 6.45) is 0. The summed E-state index contributed by atoms with van der Waals surface area (Å²) >= 11 is 1.62. The van der Waals surface area contributed by atoms with E-state index in [0.29, 0.717) is 19.0 Å². The first-order valence-electron chi connectivity index (χ1n) is 9.52. The Kier molecular flexibility index (Phi) is 6.08. The number of carbonyl (C=O) groups is 1. The van der Waals surface area contributed by atoms with Gasteiger partial charge in [0, 0.05) is 28.4 Å². The number of hydrogen-bond donors (Lipinski definition) is 1. The summed E-state index contributed by atoms with van der Waals surface area (Å²) in [6.45, 7) is 3.06. The summed E-state index contributed by atoms with van der Waals surface area (Å²) in [5, 5.41) is 14.2. The summed E-state index contributed by atoms with van der Waals surface area (Å²) in [5.74, 6) is -0.388. The first-order chi connectivity index (χ1) is 14.6. The molecule has 2 aromatic carbocycles. The van der Waals surface area contributed by atoms with E-state index in [9.17, 15) is 9.90 Å². The minimum atomic E-state index is -1.03. The van der Waals surface area contributed by atoms with Crippen molar-refractivity contribution in [1.29, 1.82) is 0 Å². The monoisotopic (exact) mass is 426 g/mol. The maximum absolute atomic E-state index is 11.9. The number of ether oxygens (including phenoxy) is 3. The van der Waals surface area contributed by atoms with Crippen molar-refractivity contribution in [1.82, 2.24) is 9.78 Å². The highest BCUT2D eigenvalue weighted by molar-refractivity contribution is 7.99. The van der Waals surface area contributed by atoms with Gasteiger partial charge in [-0.3, -0.25) is 0 Å². The highest BCUT2D eigenvalue weighted by Gasteiger charge is 2.33. The third kappa shape index (κ3) is 3.94. The normalized spacial score (nSPS) is 14.8. The molecule has 4 rings (SSSR count). The molecule has 1 unspecified atom stereocenters. The van der Waals surface area contributed by atoms with Crippen molar-refractivity contribution < 1.29 is 24.1 Å². The van der Waals surface area contributed by atoms with Gasteiger partial charge in [0.05, 0.1) is 24.6 Å². The van der Waals surface area contributed by atoms with Crippen LogP contribution in [0.15, 0.2) is 53.4 Å². The van der Waals surface area contributed by atoms with Crippen LogP contribution >= 0.6 is 11.8 Å². The van der Waals surface area contributed by atoms with E-state index >= 15 is 0 Å². The molecule has 0 amide bonds. The maximum atomic E-state index is 11.9. The lowest BCUT2D eigenvalue weighted by molar-refractivity contribution is -0.00847. The van der Waals surface area contributed by atoms with Crippen molar-refractivity contribution in [3.63, 3.8) is 0 Å². The maximum Gasteiger partial charge on any atom is 0.356 e. The van der Waals surface area contributed by atoms with E-state index in [-0.39, 0.29) is 17.7 Å². The van der Waals surface area contributed by atoms with E-state index in [0.717, 1.165) is 27.4 Å². The van der Waals surface area contributed by atoms with Crippen LogP contribution in [-0.4, -0.2) is 48.0 Å². The third-order valence-corrected chi connectivity index (χ3v) is 5.98. The van der Waals surface area contributed by atoms with Crippen LogP contribution < -0.4 is 4.74 Å². The van der Waals surface area contributed by atoms with Gasteiger partial charge < -0.3 is 19.3 Å². The molecule has 1 aliphatic heterocycles. The Morgan fingerprint density at radius 3 is 2.73 bits per heavy atom. The lowest BCUT2D eigenvalue weighted by Gasteiger charge is -2.23. The molecule has 1 aromatic heterocycles. The Morgan fingerprint density at radius 1 is 1.20 bits per heavy atom. The Balaban J connectivity index is 1.77. The fourth-order valence-corrected chi connectivity index (χ4v) is 4.59. The molecule has 3 aromatic rings. The topological polar surface area (TPSA) is 82.8 Å². The van der Waals surface area contributed by atoms with Crippen molar-refractivity contribution in [3.8, 4) is 22.7 Å². The zero-order valence-electron chi connectivity index (χ0n) is 16.7. The van der Waals surface area contributed by atoms with Gasteiger partial charge in [0.15, 0.2) is 12.5 Å². The number of nitrogens with zero attached hydrogens (tertiary/aromatic N) is 2. The predicted octanol–water partition coefficient (Wildman–Crippen LogP) is 4.40. The lowest BCUT2D eigenvalue weighted by Crippen LogP contribution is -2.09. The molecule has 0 spiro atoms. The van der Waals surface area contributed by atoms with E-state index in [1.165, 1.54) is 0 Å². The second kappa shape index (κ2) is 8.91.